The van der Waals surface area contributed by atoms with Crippen LogP contribution in [0.1, 0.15) is 12.0 Å². The minimum absolute atomic E-state index is 0.00965. The molecule has 1 aliphatic heterocycles. The first kappa shape index (κ1) is 10.2. The predicted octanol–water partition coefficient (Wildman–Crippen LogP) is 1.95. The van der Waals surface area contributed by atoms with Crippen molar-refractivity contribution in [3.05, 3.63) is 28.8 Å². The summed E-state index contributed by atoms with van der Waals surface area (Å²) in [5, 5.41) is 0.542. The number of ketones is 1. The molecule has 1 heterocycles. The number of amides is 1. The van der Waals surface area contributed by atoms with Crippen LogP contribution in [-0.4, -0.2) is 18.2 Å². The average molecular weight is 224 g/mol. The van der Waals surface area contributed by atoms with Crippen LogP contribution in [0.15, 0.2) is 18.2 Å². The molecule has 2 rings (SSSR count). The summed E-state index contributed by atoms with van der Waals surface area (Å²) in [6.07, 6.45) is -0.00965. The summed E-state index contributed by atoms with van der Waals surface area (Å²) in [7, 11) is 0. The first-order valence-electron chi connectivity index (χ1n) is 4.67. The second-order valence-electron chi connectivity index (χ2n) is 3.60. The van der Waals surface area contributed by atoms with Gasteiger partial charge < -0.3 is 4.90 Å². The van der Waals surface area contributed by atoms with Crippen molar-refractivity contribution in [1.29, 1.82) is 0 Å². The largest absolute Gasteiger partial charge is 0.303 e. The Hall–Kier alpha value is -1.35. The van der Waals surface area contributed by atoms with Crippen LogP contribution in [0.25, 0.3) is 0 Å². The molecule has 15 heavy (non-hydrogen) atoms. The van der Waals surface area contributed by atoms with Crippen molar-refractivity contribution < 1.29 is 9.59 Å². The average Bonchev–Trinajstić information content (AvgIpc) is 2.50. The number of rotatable bonds is 1. The van der Waals surface area contributed by atoms with Crippen molar-refractivity contribution in [2.75, 3.05) is 11.4 Å². The fourth-order valence-electron chi connectivity index (χ4n) is 1.64. The lowest BCUT2D eigenvalue weighted by Gasteiger charge is -2.17. The molecule has 4 heteroatoms. The van der Waals surface area contributed by atoms with Crippen molar-refractivity contribution >= 4 is 29.0 Å². The van der Waals surface area contributed by atoms with Gasteiger partial charge in [-0.3, -0.25) is 9.59 Å². The van der Waals surface area contributed by atoms with Gasteiger partial charge in [0.05, 0.1) is 23.7 Å². The normalized spacial score (nSPS) is 16.3. The molecular formula is C11H10ClNO2. The summed E-state index contributed by atoms with van der Waals surface area (Å²) >= 11 is 6.08. The molecule has 0 unspecified atom stereocenters. The first-order chi connectivity index (χ1) is 7.09. The lowest BCUT2D eigenvalue weighted by Crippen LogP contribution is -2.24. The van der Waals surface area contributed by atoms with Crippen molar-refractivity contribution in [1.82, 2.24) is 0 Å². The Morgan fingerprint density at radius 3 is 2.67 bits per heavy atom. The molecule has 3 nitrogen and oxygen atoms in total. The third-order valence-electron chi connectivity index (χ3n) is 2.45. The molecule has 0 aliphatic carbocycles. The maximum Gasteiger partial charge on any atom is 0.234 e. The summed E-state index contributed by atoms with van der Waals surface area (Å²) in [6, 6.07) is 5.45. The van der Waals surface area contributed by atoms with Gasteiger partial charge in [-0.05, 0) is 18.6 Å². The maximum absolute atomic E-state index is 11.5. The van der Waals surface area contributed by atoms with Crippen molar-refractivity contribution in [3.8, 4) is 0 Å². The molecule has 1 aromatic carbocycles. The zero-order valence-electron chi connectivity index (χ0n) is 8.29. The van der Waals surface area contributed by atoms with Crippen LogP contribution >= 0.6 is 11.6 Å². The van der Waals surface area contributed by atoms with E-state index in [9.17, 15) is 9.59 Å². The molecule has 0 radical (unpaired) electrons. The Balaban J connectivity index is 2.42. The Labute approximate surface area is 92.6 Å². The fourth-order valence-corrected chi connectivity index (χ4v) is 1.87. The first-order valence-corrected chi connectivity index (χ1v) is 5.04. The van der Waals surface area contributed by atoms with Crippen LogP contribution in [0.2, 0.25) is 5.02 Å². The molecule has 1 aliphatic rings. The Kier molecular flexibility index (Phi) is 2.49. The molecule has 0 atom stereocenters. The molecule has 0 saturated carbocycles. The van der Waals surface area contributed by atoms with Gasteiger partial charge in [0.15, 0.2) is 5.78 Å². The van der Waals surface area contributed by atoms with E-state index >= 15 is 0 Å². The molecule has 1 aromatic rings. The monoisotopic (exact) mass is 223 g/mol. The molecule has 0 spiro atoms. The SMILES string of the molecule is Cc1cccc(N2CC(=O)CC2=O)c1Cl. The predicted molar refractivity (Wildman–Crippen MR) is 58.2 cm³/mol. The fraction of sp³-hybridized carbons (Fsp3) is 0.273. The highest BCUT2D eigenvalue weighted by Crippen LogP contribution is 2.30. The number of anilines is 1. The third-order valence-corrected chi connectivity index (χ3v) is 2.94. The van der Waals surface area contributed by atoms with Gasteiger partial charge in [-0.15, -0.1) is 0 Å². The molecular weight excluding hydrogens is 214 g/mol. The van der Waals surface area contributed by atoms with E-state index in [4.69, 9.17) is 11.6 Å². The standard InChI is InChI=1S/C11H10ClNO2/c1-7-3-2-4-9(11(7)12)13-6-8(14)5-10(13)15/h2-4H,5-6H2,1H3. The molecule has 1 amide bonds. The van der Waals surface area contributed by atoms with E-state index in [2.05, 4.69) is 0 Å². The van der Waals surface area contributed by atoms with Gasteiger partial charge in [0.2, 0.25) is 5.91 Å². The number of hydrogen-bond acceptors (Lipinski definition) is 2. The maximum atomic E-state index is 11.5. The van der Waals surface area contributed by atoms with Crippen LogP contribution in [-0.2, 0) is 9.59 Å². The topological polar surface area (TPSA) is 37.4 Å². The van der Waals surface area contributed by atoms with E-state index in [1.807, 2.05) is 19.1 Å². The van der Waals surface area contributed by atoms with E-state index in [0.29, 0.717) is 10.7 Å². The van der Waals surface area contributed by atoms with Crippen molar-refractivity contribution in [2.24, 2.45) is 0 Å². The van der Waals surface area contributed by atoms with Gasteiger partial charge in [0, 0.05) is 0 Å². The van der Waals surface area contributed by atoms with Crippen LogP contribution < -0.4 is 4.90 Å². The molecule has 1 fully saturated rings. The summed E-state index contributed by atoms with van der Waals surface area (Å²) in [5.74, 6) is -0.231. The van der Waals surface area contributed by atoms with Gasteiger partial charge in [0.1, 0.15) is 0 Å². The number of carbonyl (C=O) groups is 2. The van der Waals surface area contributed by atoms with E-state index in [1.165, 1.54) is 4.90 Å². The number of aryl methyl sites for hydroxylation is 1. The molecule has 1 saturated heterocycles. The van der Waals surface area contributed by atoms with E-state index in [1.54, 1.807) is 6.07 Å². The lowest BCUT2D eigenvalue weighted by molar-refractivity contribution is -0.121. The Morgan fingerprint density at radius 2 is 2.07 bits per heavy atom. The van der Waals surface area contributed by atoms with Gasteiger partial charge in [-0.2, -0.15) is 0 Å². The molecule has 0 aromatic heterocycles. The second-order valence-corrected chi connectivity index (χ2v) is 3.98. The third kappa shape index (κ3) is 1.75. The van der Waals surface area contributed by atoms with E-state index < -0.39 is 0 Å². The van der Waals surface area contributed by atoms with Gasteiger partial charge in [-0.1, -0.05) is 23.7 Å². The van der Waals surface area contributed by atoms with Gasteiger partial charge in [-0.25, -0.2) is 0 Å². The van der Waals surface area contributed by atoms with Crippen LogP contribution in [0.3, 0.4) is 0 Å². The minimum atomic E-state index is -0.174. The number of nitrogens with zero attached hydrogens (tertiary/aromatic N) is 1. The summed E-state index contributed by atoms with van der Waals surface area (Å²) < 4.78 is 0. The highest BCUT2D eigenvalue weighted by molar-refractivity contribution is 6.35. The molecule has 0 bridgehead atoms. The highest BCUT2D eigenvalue weighted by atomic mass is 35.5. The second kappa shape index (κ2) is 3.66. The minimum Gasteiger partial charge on any atom is -0.303 e. The van der Waals surface area contributed by atoms with Crippen LogP contribution in [0, 0.1) is 6.92 Å². The number of benzene rings is 1. The highest BCUT2D eigenvalue weighted by Gasteiger charge is 2.29. The number of halogens is 1. The van der Waals surface area contributed by atoms with Crippen molar-refractivity contribution in [3.63, 3.8) is 0 Å². The van der Waals surface area contributed by atoms with E-state index in [0.717, 1.165) is 5.56 Å². The zero-order chi connectivity index (χ0) is 11.0. The van der Waals surface area contributed by atoms with Gasteiger partial charge >= 0.3 is 0 Å². The summed E-state index contributed by atoms with van der Waals surface area (Å²) in [6.45, 7) is 2.01. The summed E-state index contributed by atoms with van der Waals surface area (Å²) in [4.78, 5) is 24.1. The zero-order valence-corrected chi connectivity index (χ0v) is 9.04. The molecule has 78 valence electrons. The van der Waals surface area contributed by atoms with Crippen LogP contribution in [0.4, 0.5) is 5.69 Å². The lowest BCUT2D eigenvalue weighted by atomic mass is 10.2. The smallest absolute Gasteiger partial charge is 0.234 e. The van der Waals surface area contributed by atoms with Crippen LogP contribution in [0.5, 0.6) is 0 Å². The quantitative estimate of drug-likeness (QED) is 0.683. The van der Waals surface area contributed by atoms with Gasteiger partial charge in [0.25, 0.3) is 0 Å². The molecule has 0 N–H and O–H groups in total. The Morgan fingerprint density at radius 1 is 1.33 bits per heavy atom. The number of carbonyl (C=O) groups excluding carboxylic acids is 2. The van der Waals surface area contributed by atoms with Crippen molar-refractivity contribution in [2.45, 2.75) is 13.3 Å². The van der Waals surface area contributed by atoms with E-state index in [-0.39, 0.29) is 24.7 Å². The number of Topliss-reactive ketones (excluding diaryl/α,β-unsaturated/α-hetero) is 1. The Bertz CT molecular complexity index is 442. The summed E-state index contributed by atoms with van der Waals surface area (Å²) in [5.41, 5.74) is 1.54. The number of hydrogen-bond donors (Lipinski definition) is 0.